The molecule has 2 aliphatic rings. The van der Waals surface area contributed by atoms with Gasteiger partial charge < -0.3 is 10.6 Å². The second-order valence-electron chi connectivity index (χ2n) is 4.52. The maximum absolute atomic E-state index is 11.0. The molecule has 14 heavy (non-hydrogen) atoms. The van der Waals surface area contributed by atoms with Crippen LogP contribution in [-0.2, 0) is 9.84 Å². The second-order valence-corrected chi connectivity index (χ2v) is 6.67. The van der Waals surface area contributed by atoms with E-state index in [4.69, 9.17) is 0 Å². The third-order valence-electron chi connectivity index (χ3n) is 3.15. The fourth-order valence-electron chi connectivity index (χ4n) is 2.22. The van der Waals surface area contributed by atoms with Crippen LogP contribution >= 0.6 is 0 Å². The minimum Gasteiger partial charge on any atom is -0.316 e. The van der Waals surface area contributed by atoms with Crippen molar-refractivity contribution in [3.05, 3.63) is 0 Å². The molecule has 2 N–H and O–H groups in total. The maximum Gasteiger partial charge on any atom is 0.153 e. The van der Waals surface area contributed by atoms with Gasteiger partial charge in [0.25, 0.3) is 0 Å². The van der Waals surface area contributed by atoms with Gasteiger partial charge in [0.2, 0.25) is 0 Å². The lowest BCUT2D eigenvalue weighted by atomic mass is 9.95. The Morgan fingerprint density at radius 3 is 2.64 bits per heavy atom. The summed E-state index contributed by atoms with van der Waals surface area (Å²) in [6.45, 7) is 4.29. The summed E-state index contributed by atoms with van der Waals surface area (Å²) in [4.78, 5) is 0. The van der Waals surface area contributed by atoms with E-state index in [1.165, 1.54) is 0 Å². The van der Waals surface area contributed by atoms with Gasteiger partial charge >= 0.3 is 0 Å². The molecule has 2 atom stereocenters. The van der Waals surface area contributed by atoms with Crippen LogP contribution in [0, 0.1) is 5.92 Å². The fraction of sp³-hybridized carbons (Fsp3) is 1.00. The Labute approximate surface area is 85.4 Å². The molecule has 2 heterocycles. The molecule has 2 aliphatic heterocycles. The third-order valence-corrected chi connectivity index (χ3v) is 4.97. The predicted octanol–water partition coefficient (Wildman–Crippen LogP) is -0.629. The van der Waals surface area contributed by atoms with Crippen LogP contribution in [0.25, 0.3) is 0 Å². The largest absolute Gasteiger partial charge is 0.316 e. The van der Waals surface area contributed by atoms with E-state index in [0.717, 1.165) is 19.5 Å². The van der Waals surface area contributed by atoms with Gasteiger partial charge in [-0.2, -0.15) is 0 Å². The van der Waals surface area contributed by atoms with Gasteiger partial charge in [0.1, 0.15) is 0 Å². The van der Waals surface area contributed by atoms with Gasteiger partial charge in [0.05, 0.1) is 11.5 Å². The highest BCUT2D eigenvalue weighted by Gasteiger charge is 2.35. The first-order valence-corrected chi connectivity index (χ1v) is 7.06. The average molecular weight is 218 g/mol. The lowest BCUT2D eigenvalue weighted by Gasteiger charge is -2.36. The molecule has 2 unspecified atom stereocenters. The summed E-state index contributed by atoms with van der Waals surface area (Å²) in [5.74, 6) is 1.28. The maximum atomic E-state index is 11.0. The highest BCUT2D eigenvalue weighted by molar-refractivity contribution is 7.92. The molecule has 0 aromatic rings. The van der Waals surface area contributed by atoms with Crippen molar-refractivity contribution < 1.29 is 8.42 Å². The van der Waals surface area contributed by atoms with E-state index in [1.54, 1.807) is 0 Å². The minimum absolute atomic E-state index is 0.213. The molecule has 0 bridgehead atoms. The summed E-state index contributed by atoms with van der Waals surface area (Å²) in [5, 5.41) is 6.77. The van der Waals surface area contributed by atoms with Gasteiger partial charge in [0, 0.05) is 12.1 Å². The molecule has 0 radical (unpaired) electrons. The molecule has 0 amide bonds. The van der Waals surface area contributed by atoms with Crippen molar-refractivity contribution in [3.8, 4) is 0 Å². The first-order valence-electron chi connectivity index (χ1n) is 5.24. The fourth-order valence-corrected chi connectivity index (χ4v) is 3.55. The van der Waals surface area contributed by atoms with Crippen molar-refractivity contribution in [2.75, 3.05) is 24.6 Å². The van der Waals surface area contributed by atoms with Gasteiger partial charge in [-0.3, -0.25) is 0 Å². The first-order chi connectivity index (χ1) is 6.57. The van der Waals surface area contributed by atoms with E-state index in [0.29, 0.717) is 23.5 Å². The van der Waals surface area contributed by atoms with Gasteiger partial charge in [0.15, 0.2) is 9.84 Å². The molecule has 0 aromatic carbocycles. The van der Waals surface area contributed by atoms with E-state index < -0.39 is 9.84 Å². The molecule has 2 saturated heterocycles. The number of rotatable bonds is 2. The summed E-state index contributed by atoms with van der Waals surface area (Å²) < 4.78 is 21.9. The number of nitrogens with one attached hydrogen (secondary N) is 2. The summed E-state index contributed by atoms with van der Waals surface area (Å²) >= 11 is 0. The van der Waals surface area contributed by atoms with Crippen molar-refractivity contribution in [2.45, 2.75) is 25.4 Å². The van der Waals surface area contributed by atoms with Gasteiger partial charge in [-0.15, -0.1) is 0 Å². The van der Waals surface area contributed by atoms with Crippen LogP contribution in [-0.4, -0.2) is 45.1 Å². The van der Waals surface area contributed by atoms with Crippen molar-refractivity contribution in [2.24, 2.45) is 5.92 Å². The Balaban J connectivity index is 1.80. The van der Waals surface area contributed by atoms with Gasteiger partial charge in [-0.05, 0) is 25.4 Å². The van der Waals surface area contributed by atoms with E-state index in [2.05, 4.69) is 17.6 Å². The molecule has 2 rings (SSSR count). The Hall–Kier alpha value is -0.130. The van der Waals surface area contributed by atoms with Crippen molar-refractivity contribution in [1.29, 1.82) is 0 Å². The van der Waals surface area contributed by atoms with Gasteiger partial charge in [-0.1, -0.05) is 6.92 Å². The molecule has 2 fully saturated rings. The zero-order valence-electron chi connectivity index (χ0n) is 8.49. The number of hydrogen-bond acceptors (Lipinski definition) is 4. The van der Waals surface area contributed by atoms with Crippen LogP contribution < -0.4 is 10.6 Å². The standard InChI is InChI=1S/C9H18N2O2S/c1-7-4-10-3-2-9(7)11-8-5-14(12,13)6-8/h7-11H,2-6H2,1H3. The zero-order chi connectivity index (χ0) is 10.2. The number of hydrogen-bond donors (Lipinski definition) is 2. The van der Waals surface area contributed by atoms with Crippen molar-refractivity contribution in [1.82, 2.24) is 10.6 Å². The Morgan fingerprint density at radius 1 is 1.36 bits per heavy atom. The van der Waals surface area contributed by atoms with Crippen LogP contribution in [0.3, 0.4) is 0 Å². The Bertz CT molecular complexity index is 290. The lowest BCUT2D eigenvalue weighted by Crippen LogP contribution is -2.58. The predicted molar refractivity (Wildman–Crippen MR) is 56.0 cm³/mol. The number of sulfone groups is 1. The van der Waals surface area contributed by atoms with Crippen molar-refractivity contribution in [3.63, 3.8) is 0 Å². The number of piperidine rings is 1. The van der Waals surface area contributed by atoms with E-state index in [-0.39, 0.29) is 6.04 Å². The monoisotopic (exact) mass is 218 g/mol. The molecular formula is C9H18N2O2S. The van der Waals surface area contributed by atoms with Crippen molar-refractivity contribution >= 4 is 9.84 Å². The molecular weight excluding hydrogens is 200 g/mol. The molecule has 82 valence electrons. The average Bonchev–Trinajstić information content (AvgIpc) is 2.05. The van der Waals surface area contributed by atoms with Crippen LogP contribution in [0.5, 0.6) is 0 Å². The van der Waals surface area contributed by atoms with E-state index >= 15 is 0 Å². The lowest BCUT2D eigenvalue weighted by molar-refractivity contribution is 0.278. The quantitative estimate of drug-likeness (QED) is 0.648. The molecule has 0 spiro atoms. The Kier molecular flexibility index (Phi) is 2.81. The first kappa shape index (κ1) is 10.4. The summed E-state index contributed by atoms with van der Waals surface area (Å²) in [6, 6.07) is 0.710. The molecule has 5 heteroatoms. The topological polar surface area (TPSA) is 58.2 Å². The summed E-state index contributed by atoms with van der Waals surface area (Å²) in [5.41, 5.74) is 0. The summed E-state index contributed by atoms with van der Waals surface area (Å²) in [7, 11) is -2.68. The normalized spacial score (nSPS) is 37.8. The zero-order valence-corrected chi connectivity index (χ0v) is 9.31. The van der Waals surface area contributed by atoms with Crippen LogP contribution in [0.1, 0.15) is 13.3 Å². The van der Waals surface area contributed by atoms with Crippen LogP contribution in [0.4, 0.5) is 0 Å². The highest BCUT2D eigenvalue weighted by Crippen LogP contribution is 2.16. The molecule has 0 aliphatic carbocycles. The highest BCUT2D eigenvalue weighted by atomic mass is 32.2. The van der Waals surface area contributed by atoms with Crippen LogP contribution in [0.2, 0.25) is 0 Å². The van der Waals surface area contributed by atoms with E-state index in [9.17, 15) is 8.42 Å². The second kappa shape index (κ2) is 3.79. The molecule has 0 aromatic heterocycles. The summed E-state index contributed by atoms with van der Waals surface area (Å²) in [6.07, 6.45) is 1.11. The molecule has 0 saturated carbocycles. The van der Waals surface area contributed by atoms with E-state index in [1.807, 2.05) is 0 Å². The SMILES string of the molecule is CC1CNCCC1NC1CS(=O)(=O)C1. The van der Waals surface area contributed by atoms with Crippen LogP contribution in [0.15, 0.2) is 0 Å². The van der Waals surface area contributed by atoms with Gasteiger partial charge in [-0.25, -0.2) is 8.42 Å². The minimum atomic E-state index is -2.68. The third kappa shape index (κ3) is 2.27. The smallest absolute Gasteiger partial charge is 0.153 e. The Morgan fingerprint density at radius 2 is 2.07 bits per heavy atom. The molecule has 4 nitrogen and oxygen atoms in total.